The highest BCUT2D eigenvalue weighted by atomic mass is 35.5. The van der Waals surface area contributed by atoms with Crippen molar-refractivity contribution in [2.45, 2.75) is 44.9 Å². The van der Waals surface area contributed by atoms with E-state index in [-0.39, 0.29) is 0 Å². The van der Waals surface area contributed by atoms with Crippen molar-refractivity contribution in [2.24, 2.45) is 0 Å². The maximum absolute atomic E-state index is 12.2. The molecule has 0 fully saturated rings. The molecule has 1 nitrogen and oxygen atoms in total. The van der Waals surface area contributed by atoms with E-state index >= 15 is 0 Å². The Balaban J connectivity index is 2.85. The number of allylic oxidation sites excluding steroid dienone is 1. The van der Waals surface area contributed by atoms with E-state index in [1.807, 2.05) is 38.1 Å². The molecule has 0 aromatic heterocycles. The molecule has 1 aromatic rings. The summed E-state index contributed by atoms with van der Waals surface area (Å²) in [6, 6.07) is 7.67. The van der Waals surface area contributed by atoms with Crippen LogP contribution in [0.25, 0.3) is 0 Å². The topological polar surface area (TPSA) is 17.1 Å². The molecule has 0 aliphatic heterocycles. The van der Waals surface area contributed by atoms with Crippen LogP contribution in [0.4, 0.5) is 0 Å². The number of hydrogen-bond acceptors (Lipinski definition) is 1. The molecule has 94 valence electrons. The average molecular weight is 271 g/mol. The largest absolute Gasteiger partial charge is 0.248 e. The Morgan fingerprint density at radius 2 is 1.88 bits per heavy atom. The molecular weight excluding hydrogens is 252 g/mol. The van der Waals surface area contributed by atoms with Crippen LogP contribution in [0, 0.1) is 6.92 Å². The second-order valence-corrected chi connectivity index (χ2v) is 6.26. The van der Waals surface area contributed by atoms with Gasteiger partial charge in [0.1, 0.15) is 4.36 Å². The number of hydrogen-bond donors (Lipinski definition) is 0. The highest BCUT2D eigenvalue weighted by Gasteiger charge is 2.10. The molecule has 0 heterocycles. The van der Waals surface area contributed by atoms with Gasteiger partial charge in [-0.3, -0.25) is 0 Å². The Kier molecular flexibility index (Phi) is 5.93. The van der Waals surface area contributed by atoms with Crippen molar-refractivity contribution >= 4 is 22.4 Å². The van der Waals surface area contributed by atoms with E-state index < -0.39 is 10.8 Å². The molecule has 0 spiro atoms. The van der Waals surface area contributed by atoms with Crippen LogP contribution in [-0.2, 0) is 10.8 Å². The summed E-state index contributed by atoms with van der Waals surface area (Å²) in [5, 5.41) is 0. The van der Waals surface area contributed by atoms with Gasteiger partial charge in [-0.25, -0.2) is 4.21 Å². The predicted molar refractivity (Wildman–Crippen MR) is 75.7 cm³/mol. The first-order valence-electron chi connectivity index (χ1n) is 5.90. The summed E-state index contributed by atoms with van der Waals surface area (Å²) in [4.78, 5) is 0.774. The lowest BCUT2D eigenvalue weighted by Gasteiger charge is -2.06. The monoisotopic (exact) mass is 270 g/mol. The van der Waals surface area contributed by atoms with Crippen molar-refractivity contribution < 1.29 is 4.21 Å². The summed E-state index contributed by atoms with van der Waals surface area (Å²) in [6.45, 7) is 6.11. The van der Waals surface area contributed by atoms with Crippen LogP contribution in [0.1, 0.15) is 38.7 Å². The lowest BCUT2D eigenvalue weighted by atomic mass is 10.1. The third-order valence-electron chi connectivity index (χ3n) is 2.64. The van der Waals surface area contributed by atoms with Gasteiger partial charge in [-0.05, 0) is 44.4 Å². The molecule has 1 rings (SSSR count). The Morgan fingerprint density at radius 1 is 1.29 bits per heavy atom. The summed E-state index contributed by atoms with van der Waals surface area (Å²) in [5.41, 5.74) is 2.20. The lowest BCUT2D eigenvalue weighted by Crippen LogP contribution is -1.94. The summed E-state index contributed by atoms with van der Waals surface area (Å²) < 4.78 is 12.7. The number of rotatable bonds is 5. The molecule has 0 radical (unpaired) electrons. The van der Waals surface area contributed by atoms with Gasteiger partial charge in [0.05, 0.1) is 10.8 Å². The minimum absolute atomic E-state index is 0.488. The van der Waals surface area contributed by atoms with Gasteiger partial charge in [-0.1, -0.05) is 42.6 Å². The first-order chi connectivity index (χ1) is 8.06. The van der Waals surface area contributed by atoms with Crippen LogP contribution in [0.2, 0.25) is 0 Å². The second kappa shape index (κ2) is 6.97. The fourth-order valence-corrected chi connectivity index (χ4v) is 2.83. The summed E-state index contributed by atoms with van der Waals surface area (Å²) in [5.74, 6) is 0. The first-order valence-corrected chi connectivity index (χ1v) is 7.42. The molecule has 1 atom stereocenters. The molecule has 0 saturated carbocycles. The van der Waals surface area contributed by atoms with Gasteiger partial charge in [0.15, 0.2) is 0 Å². The predicted octanol–water partition coefficient (Wildman–Crippen LogP) is 4.76. The van der Waals surface area contributed by atoms with E-state index in [4.69, 9.17) is 11.6 Å². The molecule has 0 bridgehead atoms. The highest BCUT2D eigenvalue weighted by molar-refractivity contribution is 7.90. The Bertz CT molecular complexity index is 420. The van der Waals surface area contributed by atoms with Gasteiger partial charge in [0.2, 0.25) is 0 Å². The number of halogens is 1. The zero-order valence-electron chi connectivity index (χ0n) is 10.6. The maximum Gasteiger partial charge on any atom is 0.108 e. The summed E-state index contributed by atoms with van der Waals surface area (Å²) in [7, 11) is -1.22. The van der Waals surface area contributed by atoms with E-state index in [9.17, 15) is 4.21 Å². The van der Waals surface area contributed by atoms with Crippen LogP contribution in [0.15, 0.2) is 39.1 Å². The molecule has 0 saturated heterocycles. The normalized spacial score (nSPS) is 14.4. The molecule has 1 aromatic carbocycles. The van der Waals surface area contributed by atoms with Crippen LogP contribution >= 0.6 is 11.6 Å². The molecule has 17 heavy (non-hydrogen) atoms. The fourth-order valence-electron chi connectivity index (χ4n) is 1.46. The molecular formula is C14H19ClOS. The third kappa shape index (κ3) is 4.29. The minimum atomic E-state index is -1.22. The van der Waals surface area contributed by atoms with Gasteiger partial charge in [0.25, 0.3) is 0 Å². The highest BCUT2D eigenvalue weighted by Crippen LogP contribution is 2.24. The van der Waals surface area contributed by atoms with Crippen LogP contribution in [0.5, 0.6) is 0 Å². The van der Waals surface area contributed by atoms with E-state index in [0.717, 1.165) is 35.3 Å². The van der Waals surface area contributed by atoms with Gasteiger partial charge in [-0.15, -0.1) is 0 Å². The van der Waals surface area contributed by atoms with Gasteiger partial charge >= 0.3 is 0 Å². The zero-order valence-corrected chi connectivity index (χ0v) is 12.2. The van der Waals surface area contributed by atoms with Crippen LogP contribution < -0.4 is 0 Å². The SMILES string of the molecule is CCCC/C(C)=C(\Cl)[S@@](=O)c1ccc(C)cc1. The van der Waals surface area contributed by atoms with Crippen LogP contribution in [0.3, 0.4) is 0 Å². The summed E-state index contributed by atoms with van der Waals surface area (Å²) in [6.07, 6.45) is 3.14. The Hall–Kier alpha value is -0.600. The number of benzene rings is 1. The van der Waals surface area contributed by atoms with Gasteiger partial charge in [-0.2, -0.15) is 0 Å². The van der Waals surface area contributed by atoms with Crippen molar-refractivity contribution in [3.8, 4) is 0 Å². The standard InChI is InChI=1S/C14H19ClOS/c1-4-5-6-12(3)14(15)17(16)13-9-7-11(2)8-10-13/h7-10H,4-6H2,1-3H3/b14-12+/t17-/m0/s1. The van der Waals surface area contributed by atoms with E-state index in [1.165, 1.54) is 0 Å². The Labute approximate surface area is 111 Å². The van der Waals surface area contributed by atoms with E-state index in [1.54, 1.807) is 0 Å². The quantitative estimate of drug-likeness (QED) is 0.754. The number of unbranched alkanes of at least 4 members (excludes halogenated alkanes) is 1. The van der Waals surface area contributed by atoms with E-state index in [2.05, 4.69) is 6.92 Å². The second-order valence-electron chi connectivity index (χ2n) is 4.24. The molecule has 0 unspecified atom stereocenters. The van der Waals surface area contributed by atoms with Gasteiger partial charge < -0.3 is 0 Å². The average Bonchev–Trinajstić information content (AvgIpc) is 2.35. The minimum Gasteiger partial charge on any atom is -0.248 e. The van der Waals surface area contributed by atoms with Crippen molar-refractivity contribution in [3.63, 3.8) is 0 Å². The van der Waals surface area contributed by atoms with Crippen molar-refractivity contribution in [1.82, 2.24) is 0 Å². The number of aryl methyl sites for hydroxylation is 1. The maximum atomic E-state index is 12.2. The molecule has 0 N–H and O–H groups in total. The summed E-state index contributed by atoms with van der Waals surface area (Å²) >= 11 is 6.17. The Morgan fingerprint density at radius 3 is 2.41 bits per heavy atom. The first kappa shape index (κ1) is 14.5. The smallest absolute Gasteiger partial charge is 0.108 e. The molecule has 0 amide bonds. The van der Waals surface area contributed by atoms with Crippen molar-refractivity contribution in [2.75, 3.05) is 0 Å². The zero-order chi connectivity index (χ0) is 12.8. The van der Waals surface area contributed by atoms with Crippen LogP contribution in [-0.4, -0.2) is 4.21 Å². The lowest BCUT2D eigenvalue weighted by molar-refractivity contribution is 0.687. The van der Waals surface area contributed by atoms with E-state index in [0.29, 0.717) is 4.36 Å². The molecule has 0 aliphatic carbocycles. The third-order valence-corrected chi connectivity index (χ3v) is 4.76. The molecule has 0 aliphatic rings. The van der Waals surface area contributed by atoms with Crippen molar-refractivity contribution in [1.29, 1.82) is 0 Å². The van der Waals surface area contributed by atoms with Gasteiger partial charge in [0, 0.05) is 4.90 Å². The van der Waals surface area contributed by atoms with Crippen molar-refractivity contribution in [3.05, 3.63) is 39.8 Å². The molecule has 3 heteroatoms. The fraction of sp³-hybridized carbons (Fsp3) is 0.429.